The van der Waals surface area contributed by atoms with Crippen molar-refractivity contribution in [2.24, 2.45) is 23.7 Å². The molecule has 0 aromatic heterocycles. The molecule has 36 heavy (non-hydrogen) atoms. The Morgan fingerprint density at radius 2 is 0.722 bits per heavy atom. The van der Waals surface area contributed by atoms with Crippen LogP contribution in [0, 0.1) is 23.7 Å². The van der Waals surface area contributed by atoms with Crippen molar-refractivity contribution < 1.29 is 10.2 Å². The third-order valence-electron chi connectivity index (χ3n) is 8.18. The van der Waals surface area contributed by atoms with E-state index in [1.54, 1.807) is 0 Å². The molecule has 0 radical (unpaired) electrons. The lowest BCUT2D eigenvalue weighted by Gasteiger charge is -2.22. The van der Waals surface area contributed by atoms with Crippen molar-refractivity contribution in [2.45, 2.75) is 169 Å². The molecule has 2 N–H and O–H groups in total. The molecular weight excluding hydrogens is 480 g/mol. The molecule has 0 heterocycles. The van der Waals surface area contributed by atoms with E-state index in [1.165, 1.54) is 103 Å². The van der Waals surface area contributed by atoms with Crippen molar-refractivity contribution in [2.75, 3.05) is 0 Å². The van der Waals surface area contributed by atoms with Crippen LogP contribution in [0.15, 0.2) is 0 Å². The van der Waals surface area contributed by atoms with Crippen LogP contribution in [0.4, 0.5) is 0 Å². The summed E-state index contributed by atoms with van der Waals surface area (Å²) in [6.45, 7) is 9.20. The van der Waals surface area contributed by atoms with Crippen LogP contribution < -0.4 is 0 Å². The number of unbranched alkanes of at least 4 members (excludes halogenated alkanes) is 4. The normalized spacial score (nSPS) is 14.9. The third-order valence-corrected chi connectivity index (χ3v) is 8.52. The molecule has 0 spiro atoms. The molecule has 0 saturated heterocycles. The van der Waals surface area contributed by atoms with Crippen LogP contribution in [0.5, 0.6) is 0 Å². The minimum atomic E-state index is 0.162. The second kappa shape index (κ2) is 25.1. The van der Waals surface area contributed by atoms with Crippen molar-refractivity contribution in [3.8, 4) is 0 Å². The Morgan fingerprint density at radius 3 is 1.00 bits per heavy atom. The molecule has 4 atom stereocenters. The highest BCUT2D eigenvalue weighted by molar-refractivity contribution is 7.80. The fraction of sp³-hybridized carbons (Fsp3) is 0.938. The molecule has 0 aliphatic rings. The molecule has 0 rings (SSSR count). The standard InChI is InChI=1S/C32H62O2S2/c1-5-9-17-27(15-7-3)19-11-13-21-29(25-31(33)35)23-24-30(26-32(34)36)22-14-12-20-28(16-8-4)18-10-6-2/h27-30H,5-26H2,1-4H3,(H,33,35)(H,34,36). The van der Waals surface area contributed by atoms with Gasteiger partial charge < -0.3 is 10.2 Å². The van der Waals surface area contributed by atoms with Crippen molar-refractivity contribution >= 4 is 34.5 Å². The van der Waals surface area contributed by atoms with Crippen LogP contribution in [0.1, 0.15) is 169 Å². The summed E-state index contributed by atoms with van der Waals surface area (Å²) >= 11 is 10.2. The molecule has 0 aliphatic heterocycles. The van der Waals surface area contributed by atoms with Gasteiger partial charge in [-0.25, -0.2) is 0 Å². The van der Waals surface area contributed by atoms with Crippen LogP contribution in [0.3, 0.4) is 0 Å². The zero-order chi connectivity index (χ0) is 27.0. The Labute approximate surface area is 236 Å². The molecule has 0 amide bonds. The smallest absolute Gasteiger partial charge is 0.156 e. The van der Waals surface area contributed by atoms with Gasteiger partial charge in [-0.3, -0.25) is 0 Å². The quantitative estimate of drug-likeness (QED) is 0.0799. The van der Waals surface area contributed by atoms with Crippen LogP contribution in [0.25, 0.3) is 0 Å². The van der Waals surface area contributed by atoms with Gasteiger partial charge in [-0.2, -0.15) is 0 Å². The maximum absolute atomic E-state index is 9.85. The Bertz CT molecular complexity index is 476. The van der Waals surface area contributed by atoms with E-state index in [0.717, 1.165) is 37.5 Å². The summed E-state index contributed by atoms with van der Waals surface area (Å²) in [5.74, 6) is 2.70. The fourth-order valence-corrected chi connectivity index (χ4v) is 6.53. The van der Waals surface area contributed by atoms with Crippen molar-refractivity contribution in [1.82, 2.24) is 0 Å². The minimum Gasteiger partial charge on any atom is -0.502 e. The molecule has 2 nitrogen and oxygen atoms in total. The van der Waals surface area contributed by atoms with Gasteiger partial charge in [0.15, 0.2) is 10.1 Å². The molecule has 4 unspecified atom stereocenters. The maximum Gasteiger partial charge on any atom is 0.156 e. The van der Waals surface area contributed by atoms with Gasteiger partial charge in [0.1, 0.15) is 0 Å². The molecule has 0 aromatic rings. The van der Waals surface area contributed by atoms with Gasteiger partial charge in [0, 0.05) is 12.8 Å². The summed E-state index contributed by atoms with van der Waals surface area (Å²) in [6, 6.07) is 0. The fourth-order valence-electron chi connectivity index (χ4n) is 6.06. The van der Waals surface area contributed by atoms with Gasteiger partial charge in [-0.1, -0.05) is 130 Å². The Hall–Kier alpha value is -0.220. The summed E-state index contributed by atoms with van der Waals surface area (Å²) in [5, 5.41) is 20.0. The van der Waals surface area contributed by atoms with E-state index in [2.05, 4.69) is 27.7 Å². The van der Waals surface area contributed by atoms with E-state index < -0.39 is 0 Å². The van der Waals surface area contributed by atoms with E-state index in [-0.39, 0.29) is 10.1 Å². The third kappa shape index (κ3) is 21.8. The highest BCUT2D eigenvalue weighted by Gasteiger charge is 2.18. The monoisotopic (exact) mass is 542 g/mol. The summed E-state index contributed by atoms with van der Waals surface area (Å²) in [7, 11) is 0. The van der Waals surface area contributed by atoms with E-state index in [9.17, 15) is 10.2 Å². The second-order valence-electron chi connectivity index (χ2n) is 11.7. The number of rotatable bonds is 27. The molecular formula is C32H62O2S2. The Kier molecular flexibility index (Phi) is 24.9. The first-order valence-electron chi connectivity index (χ1n) is 15.8. The lowest BCUT2D eigenvalue weighted by atomic mass is 9.85. The van der Waals surface area contributed by atoms with Gasteiger partial charge >= 0.3 is 0 Å². The second-order valence-corrected chi connectivity index (χ2v) is 12.6. The molecule has 0 aliphatic carbocycles. The van der Waals surface area contributed by atoms with Crippen LogP contribution in [-0.4, -0.2) is 20.3 Å². The van der Waals surface area contributed by atoms with Gasteiger partial charge in [0.25, 0.3) is 0 Å². The van der Waals surface area contributed by atoms with Crippen LogP contribution in [-0.2, 0) is 0 Å². The maximum atomic E-state index is 9.85. The van der Waals surface area contributed by atoms with E-state index in [0.29, 0.717) is 24.7 Å². The number of thiocarbonyl (C=S) groups is 2. The van der Waals surface area contributed by atoms with Crippen LogP contribution >= 0.6 is 24.4 Å². The van der Waals surface area contributed by atoms with E-state index in [1.807, 2.05) is 0 Å². The first kappa shape index (κ1) is 35.8. The summed E-state index contributed by atoms with van der Waals surface area (Å²) in [6.07, 6.45) is 26.9. The molecule has 0 saturated carbocycles. The predicted octanol–water partition coefficient (Wildman–Crippen LogP) is 11.9. The average Bonchev–Trinajstić information content (AvgIpc) is 2.83. The molecule has 0 bridgehead atoms. The first-order chi connectivity index (χ1) is 17.4. The highest BCUT2D eigenvalue weighted by atomic mass is 32.1. The zero-order valence-corrected chi connectivity index (χ0v) is 26.2. The SMILES string of the molecule is CCCCC(CCC)CCCCC(CCC(CCCCC(CCC)CCCC)CC(O)=S)CC(O)=S. The zero-order valence-electron chi connectivity index (χ0n) is 24.6. The number of aliphatic hydroxyl groups excluding tert-OH is 2. The number of hydrogen-bond acceptors (Lipinski definition) is 2. The molecule has 0 fully saturated rings. The summed E-state index contributed by atoms with van der Waals surface area (Å²) in [5.41, 5.74) is 0. The van der Waals surface area contributed by atoms with E-state index >= 15 is 0 Å². The first-order valence-corrected chi connectivity index (χ1v) is 16.6. The molecule has 0 aromatic carbocycles. The largest absolute Gasteiger partial charge is 0.502 e. The van der Waals surface area contributed by atoms with Gasteiger partial charge in [-0.05, 0) is 73.8 Å². The Morgan fingerprint density at radius 1 is 0.417 bits per heavy atom. The van der Waals surface area contributed by atoms with Crippen molar-refractivity contribution in [3.05, 3.63) is 0 Å². The van der Waals surface area contributed by atoms with Crippen LogP contribution in [0.2, 0.25) is 0 Å². The van der Waals surface area contributed by atoms with Crippen molar-refractivity contribution in [3.63, 3.8) is 0 Å². The van der Waals surface area contributed by atoms with Crippen molar-refractivity contribution in [1.29, 1.82) is 0 Å². The topological polar surface area (TPSA) is 40.5 Å². The average molecular weight is 543 g/mol. The lowest BCUT2D eigenvalue weighted by molar-refractivity contribution is 0.325. The van der Waals surface area contributed by atoms with Gasteiger partial charge in [-0.15, -0.1) is 0 Å². The molecule has 4 heteroatoms. The number of aliphatic hydroxyl groups is 2. The highest BCUT2D eigenvalue weighted by Crippen LogP contribution is 2.29. The Balaban J connectivity index is 4.59. The number of hydrogen-bond donors (Lipinski definition) is 2. The predicted molar refractivity (Wildman–Crippen MR) is 169 cm³/mol. The molecule has 214 valence electrons. The van der Waals surface area contributed by atoms with Gasteiger partial charge in [0.2, 0.25) is 0 Å². The summed E-state index contributed by atoms with van der Waals surface area (Å²) < 4.78 is 0. The van der Waals surface area contributed by atoms with E-state index in [4.69, 9.17) is 24.4 Å². The lowest BCUT2D eigenvalue weighted by Crippen LogP contribution is -2.12. The van der Waals surface area contributed by atoms with Gasteiger partial charge in [0.05, 0.1) is 0 Å². The minimum absolute atomic E-state index is 0.162. The summed E-state index contributed by atoms with van der Waals surface area (Å²) in [4.78, 5) is 0.